The molecule has 0 aliphatic rings. The second-order valence-corrected chi connectivity index (χ2v) is 9.66. The van der Waals surface area contributed by atoms with Crippen molar-refractivity contribution >= 4 is 19.2 Å². The number of hydrogen-bond acceptors (Lipinski definition) is 2. The highest BCUT2D eigenvalue weighted by Crippen LogP contribution is 2.24. The summed E-state index contributed by atoms with van der Waals surface area (Å²) in [5, 5.41) is 12.8. The van der Waals surface area contributed by atoms with Crippen molar-refractivity contribution < 1.29 is 5.11 Å². The predicted octanol–water partition coefficient (Wildman–Crippen LogP) is 5.84. The molecule has 1 unspecified atom stereocenters. The molecule has 0 amide bonds. The molecule has 0 bridgehead atoms. The molecule has 4 aromatic carbocycles. The SMILES string of the molecule is Cc1ccc(O)c(Pc2c(C)cccc2CN(Cc2ccccc2)Cc2ccccc2)c1. The fraction of sp³-hybridized carbons (Fsp3) is 0.172. The largest absolute Gasteiger partial charge is 0.507 e. The van der Waals surface area contributed by atoms with E-state index in [2.05, 4.69) is 104 Å². The van der Waals surface area contributed by atoms with E-state index in [0.717, 1.165) is 24.9 Å². The van der Waals surface area contributed by atoms with E-state index in [1.807, 2.05) is 12.1 Å². The zero-order valence-corrected chi connectivity index (χ0v) is 19.8. The van der Waals surface area contributed by atoms with Gasteiger partial charge in [0.2, 0.25) is 0 Å². The molecule has 0 saturated heterocycles. The zero-order valence-electron chi connectivity index (χ0n) is 18.8. The van der Waals surface area contributed by atoms with Gasteiger partial charge in [-0.25, -0.2) is 0 Å². The fourth-order valence-electron chi connectivity index (χ4n) is 4.02. The average molecular weight is 440 g/mol. The molecule has 0 aliphatic carbocycles. The van der Waals surface area contributed by atoms with Crippen LogP contribution in [0.2, 0.25) is 0 Å². The molecule has 3 heteroatoms. The average Bonchev–Trinajstić information content (AvgIpc) is 2.80. The number of hydrogen-bond donors (Lipinski definition) is 1. The van der Waals surface area contributed by atoms with Crippen molar-refractivity contribution in [2.45, 2.75) is 33.5 Å². The second kappa shape index (κ2) is 10.6. The second-order valence-electron chi connectivity index (χ2n) is 8.37. The summed E-state index contributed by atoms with van der Waals surface area (Å²) in [6, 6.07) is 33.8. The molecule has 2 nitrogen and oxygen atoms in total. The Labute approximate surface area is 193 Å². The molecule has 4 rings (SSSR count). The van der Waals surface area contributed by atoms with Crippen LogP contribution in [-0.2, 0) is 19.6 Å². The van der Waals surface area contributed by atoms with Gasteiger partial charge in [-0.2, -0.15) is 0 Å². The Morgan fingerprint density at radius 1 is 0.688 bits per heavy atom. The Balaban J connectivity index is 1.64. The normalized spacial score (nSPS) is 11.5. The minimum absolute atomic E-state index is 0.383. The predicted molar refractivity (Wildman–Crippen MR) is 137 cm³/mol. The number of phenols is 1. The molecule has 0 heterocycles. The summed E-state index contributed by atoms with van der Waals surface area (Å²) >= 11 is 0. The van der Waals surface area contributed by atoms with Crippen LogP contribution in [0.15, 0.2) is 97.1 Å². The minimum Gasteiger partial charge on any atom is -0.507 e. The molecule has 0 aromatic heterocycles. The van der Waals surface area contributed by atoms with Crippen LogP contribution in [0.3, 0.4) is 0 Å². The van der Waals surface area contributed by atoms with Crippen molar-refractivity contribution in [2.24, 2.45) is 0 Å². The van der Waals surface area contributed by atoms with Crippen molar-refractivity contribution in [3.05, 3.63) is 125 Å². The van der Waals surface area contributed by atoms with Gasteiger partial charge < -0.3 is 5.11 Å². The molecule has 0 aliphatic heterocycles. The fourth-order valence-corrected chi connectivity index (χ4v) is 5.40. The lowest BCUT2D eigenvalue weighted by atomic mass is 10.1. The van der Waals surface area contributed by atoms with E-state index < -0.39 is 0 Å². The van der Waals surface area contributed by atoms with E-state index >= 15 is 0 Å². The van der Waals surface area contributed by atoms with E-state index in [-0.39, 0.29) is 0 Å². The number of aryl methyl sites for hydroxylation is 2. The summed E-state index contributed by atoms with van der Waals surface area (Å²) in [5.74, 6) is 0.383. The Hall–Kier alpha value is -2.93. The highest BCUT2D eigenvalue weighted by atomic mass is 31.1. The number of phenolic OH excluding ortho intramolecular Hbond substituents is 1. The third-order valence-corrected chi connectivity index (χ3v) is 7.30. The molecule has 0 spiro atoms. The molecule has 32 heavy (non-hydrogen) atoms. The molecule has 0 saturated carbocycles. The summed E-state index contributed by atoms with van der Waals surface area (Å²) in [6.07, 6.45) is 0. The molecular weight excluding hydrogens is 409 g/mol. The first kappa shape index (κ1) is 22.3. The number of aromatic hydroxyl groups is 1. The minimum atomic E-state index is 0.383. The van der Waals surface area contributed by atoms with Crippen LogP contribution in [0.1, 0.15) is 27.8 Å². The lowest BCUT2D eigenvalue weighted by Crippen LogP contribution is -2.26. The van der Waals surface area contributed by atoms with Crippen LogP contribution >= 0.6 is 8.58 Å². The standard InChI is InChI=1S/C29H30NOP/c1-22-16-17-27(31)28(18-22)32-29-23(2)10-9-15-26(29)21-30(19-24-11-5-3-6-12-24)20-25-13-7-4-8-14-25/h3-18,31-32H,19-21H2,1-2H3. The molecule has 1 N–H and O–H groups in total. The van der Waals surface area contributed by atoms with Crippen molar-refractivity contribution in [3.8, 4) is 5.75 Å². The third kappa shape index (κ3) is 5.85. The highest BCUT2D eigenvalue weighted by molar-refractivity contribution is 7.56. The van der Waals surface area contributed by atoms with Gasteiger partial charge in [-0.05, 0) is 53.5 Å². The molecular formula is C29H30NOP. The maximum Gasteiger partial charge on any atom is 0.123 e. The Bertz CT molecular complexity index is 1120. The van der Waals surface area contributed by atoms with Crippen molar-refractivity contribution in [1.82, 2.24) is 4.90 Å². The van der Waals surface area contributed by atoms with Gasteiger partial charge in [0.15, 0.2) is 0 Å². The Kier molecular flexibility index (Phi) is 7.37. The first-order valence-corrected chi connectivity index (χ1v) is 12.0. The van der Waals surface area contributed by atoms with Crippen LogP contribution in [0, 0.1) is 13.8 Å². The monoisotopic (exact) mass is 439 g/mol. The van der Waals surface area contributed by atoms with Crippen LogP contribution in [0.5, 0.6) is 5.75 Å². The first-order chi connectivity index (χ1) is 15.6. The molecule has 0 fully saturated rings. The van der Waals surface area contributed by atoms with Gasteiger partial charge in [0.05, 0.1) is 0 Å². The van der Waals surface area contributed by atoms with Gasteiger partial charge in [0.1, 0.15) is 5.75 Å². The van der Waals surface area contributed by atoms with Gasteiger partial charge in [-0.1, -0.05) is 99.1 Å². The summed E-state index contributed by atoms with van der Waals surface area (Å²) in [6.45, 7) is 6.90. The van der Waals surface area contributed by atoms with Crippen LogP contribution in [-0.4, -0.2) is 10.0 Å². The summed E-state index contributed by atoms with van der Waals surface area (Å²) < 4.78 is 0. The topological polar surface area (TPSA) is 23.5 Å². The van der Waals surface area contributed by atoms with Gasteiger partial charge >= 0.3 is 0 Å². The van der Waals surface area contributed by atoms with Gasteiger partial charge in [-0.3, -0.25) is 4.90 Å². The number of rotatable bonds is 8. The Morgan fingerprint density at radius 2 is 1.31 bits per heavy atom. The maximum absolute atomic E-state index is 10.4. The van der Waals surface area contributed by atoms with Crippen molar-refractivity contribution in [2.75, 3.05) is 0 Å². The summed E-state index contributed by atoms with van der Waals surface area (Å²) in [5.41, 5.74) is 6.42. The maximum atomic E-state index is 10.4. The van der Waals surface area contributed by atoms with E-state index in [1.54, 1.807) is 0 Å². The Morgan fingerprint density at radius 3 is 1.94 bits per heavy atom. The summed E-state index contributed by atoms with van der Waals surface area (Å²) in [4.78, 5) is 2.50. The first-order valence-electron chi connectivity index (χ1n) is 11.0. The van der Waals surface area contributed by atoms with E-state index in [0.29, 0.717) is 14.3 Å². The highest BCUT2D eigenvalue weighted by Gasteiger charge is 2.14. The quantitative estimate of drug-likeness (QED) is 0.349. The van der Waals surface area contributed by atoms with E-state index in [1.165, 1.54) is 33.1 Å². The van der Waals surface area contributed by atoms with E-state index in [9.17, 15) is 5.11 Å². The molecule has 1 atom stereocenters. The lowest BCUT2D eigenvalue weighted by molar-refractivity contribution is 0.248. The molecule has 0 radical (unpaired) electrons. The van der Waals surface area contributed by atoms with Crippen LogP contribution < -0.4 is 10.6 Å². The zero-order chi connectivity index (χ0) is 22.3. The molecule has 4 aromatic rings. The van der Waals surface area contributed by atoms with Gasteiger partial charge in [0.25, 0.3) is 0 Å². The van der Waals surface area contributed by atoms with Crippen LogP contribution in [0.4, 0.5) is 0 Å². The van der Waals surface area contributed by atoms with Crippen molar-refractivity contribution in [3.63, 3.8) is 0 Å². The van der Waals surface area contributed by atoms with Gasteiger partial charge in [0, 0.05) is 24.9 Å². The van der Waals surface area contributed by atoms with Crippen LogP contribution in [0.25, 0.3) is 0 Å². The van der Waals surface area contributed by atoms with Gasteiger partial charge in [-0.15, -0.1) is 0 Å². The summed E-state index contributed by atoms with van der Waals surface area (Å²) in [7, 11) is 0.428. The van der Waals surface area contributed by atoms with E-state index in [4.69, 9.17) is 0 Å². The lowest BCUT2D eigenvalue weighted by Gasteiger charge is -2.25. The number of benzene rings is 4. The third-order valence-electron chi connectivity index (χ3n) is 5.66. The molecule has 162 valence electrons. The smallest absolute Gasteiger partial charge is 0.123 e. The number of nitrogens with zero attached hydrogens (tertiary/aromatic N) is 1. The van der Waals surface area contributed by atoms with Crippen molar-refractivity contribution in [1.29, 1.82) is 0 Å².